The predicted octanol–water partition coefficient (Wildman–Crippen LogP) is 3.82. The summed E-state index contributed by atoms with van der Waals surface area (Å²) in [7, 11) is 1.87. The van der Waals surface area contributed by atoms with E-state index in [9.17, 15) is 0 Å². The summed E-state index contributed by atoms with van der Waals surface area (Å²) >= 11 is 0. The Morgan fingerprint density at radius 3 is 2.25 bits per heavy atom. The molecule has 0 amide bonds. The molecule has 1 aromatic carbocycles. The molecule has 84 valence electrons. The van der Waals surface area contributed by atoms with Gasteiger partial charge in [0.05, 0.1) is 0 Å². The fourth-order valence-corrected chi connectivity index (χ4v) is 1.38. The third-order valence-corrected chi connectivity index (χ3v) is 2.12. The van der Waals surface area contributed by atoms with Crippen molar-refractivity contribution < 1.29 is 0 Å². The molecule has 2 rings (SSSR count). The minimum absolute atomic E-state index is 0.895. The predicted molar refractivity (Wildman–Crippen MR) is 70.6 cm³/mol. The van der Waals surface area contributed by atoms with Gasteiger partial charge in [0.25, 0.3) is 0 Å². The largest absolute Gasteiger partial charge is 0.373 e. The maximum absolute atomic E-state index is 4.17. The van der Waals surface area contributed by atoms with Gasteiger partial charge in [-0.15, -0.1) is 0 Å². The molecule has 2 aromatic rings. The molecule has 0 spiro atoms. The van der Waals surface area contributed by atoms with Crippen LogP contribution in [0.1, 0.15) is 13.8 Å². The number of aromatic nitrogens is 1. The monoisotopic (exact) mass is 214 g/mol. The first kappa shape index (κ1) is 12.2. The summed E-state index contributed by atoms with van der Waals surface area (Å²) in [6.07, 6.45) is 1.81. The molecular formula is C14H18N2. The van der Waals surface area contributed by atoms with Crippen molar-refractivity contribution in [3.8, 4) is 11.1 Å². The van der Waals surface area contributed by atoms with Crippen LogP contribution >= 0.6 is 0 Å². The van der Waals surface area contributed by atoms with Gasteiger partial charge < -0.3 is 5.32 Å². The quantitative estimate of drug-likeness (QED) is 0.822. The van der Waals surface area contributed by atoms with Crippen molar-refractivity contribution in [3.63, 3.8) is 0 Å². The molecule has 0 aliphatic rings. The average Bonchev–Trinajstić information content (AvgIpc) is 2.42. The van der Waals surface area contributed by atoms with E-state index in [4.69, 9.17) is 0 Å². The lowest BCUT2D eigenvalue weighted by Crippen LogP contribution is -1.91. The number of anilines is 1. The molecule has 0 aliphatic carbocycles. The van der Waals surface area contributed by atoms with E-state index < -0.39 is 0 Å². The van der Waals surface area contributed by atoms with Gasteiger partial charge in [0, 0.05) is 13.2 Å². The molecule has 1 N–H and O–H groups in total. The van der Waals surface area contributed by atoms with Gasteiger partial charge in [-0.05, 0) is 23.3 Å². The van der Waals surface area contributed by atoms with Crippen LogP contribution in [0.4, 0.5) is 5.82 Å². The van der Waals surface area contributed by atoms with Crippen LogP contribution in [0.2, 0.25) is 0 Å². The van der Waals surface area contributed by atoms with E-state index >= 15 is 0 Å². The molecule has 1 heterocycles. The highest BCUT2D eigenvalue weighted by Gasteiger charge is 1.97. The summed E-state index contributed by atoms with van der Waals surface area (Å²) in [6.45, 7) is 4.00. The van der Waals surface area contributed by atoms with Crippen LogP contribution in [-0.4, -0.2) is 12.0 Å². The lowest BCUT2D eigenvalue weighted by atomic mass is 10.1. The zero-order valence-electron chi connectivity index (χ0n) is 10.1. The van der Waals surface area contributed by atoms with E-state index in [2.05, 4.69) is 22.4 Å². The van der Waals surface area contributed by atoms with E-state index in [0.29, 0.717) is 0 Å². The van der Waals surface area contributed by atoms with Crippen LogP contribution in [0.25, 0.3) is 11.1 Å². The van der Waals surface area contributed by atoms with Gasteiger partial charge in [0.15, 0.2) is 0 Å². The molecule has 0 atom stereocenters. The Bertz CT molecular complexity index is 410. The lowest BCUT2D eigenvalue weighted by Gasteiger charge is -2.03. The number of hydrogen-bond acceptors (Lipinski definition) is 2. The van der Waals surface area contributed by atoms with E-state index in [-0.39, 0.29) is 0 Å². The fourth-order valence-electron chi connectivity index (χ4n) is 1.38. The summed E-state index contributed by atoms with van der Waals surface area (Å²) in [5, 5.41) is 3.03. The van der Waals surface area contributed by atoms with E-state index in [1.165, 1.54) is 11.1 Å². The van der Waals surface area contributed by atoms with Gasteiger partial charge in [-0.1, -0.05) is 44.2 Å². The third kappa shape index (κ3) is 3.09. The van der Waals surface area contributed by atoms with Crippen LogP contribution in [-0.2, 0) is 0 Å². The summed E-state index contributed by atoms with van der Waals surface area (Å²) in [6, 6.07) is 14.3. The molecule has 2 nitrogen and oxygen atoms in total. The molecule has 0 aliphatic heterocycles. The summed E-state index contributed by atoms with van der Waals surface area (Å²) in [5.41, 5.74) is 2.40. The van der Waals surface area contributed by atoms with Crippen molar-refractivity contribution in [3.05, 3.63) is 48.7 Å². The number of hydrogen-bond donors (Lipinski definition) is 1. The van der Waals surface area contributed by atoms with Crippen LogP contribution in [0.5, 0.6) is 0 Å². The number of rotatable bonds is 2. The van der Waals surface area contributed by atoms with Crippen molar-refractivity contribution in [1.29, 1.82) is 0 Å². The molecule has 0 unspecified atom stereocenters. The Balaban J connectivity index is 0.000000606. The molecule has 0 bridgehead atoms. The Morgan fingerprint density at radius 1 is 0.938 bits per heavy atom. The van der Waals surface area contributed by atoms with Gasteiger partial charge in [-0.25, -0.2) is 4.98 Å². The molecule has 0 saturated carbocycles. The second-order valence-corrected chi connectivity index (χ2v) is 3.05. The average molecular weight is 214 g/mol. The van der Waals surface area contributed by atoms with Gasteiger partial charge in [-0.3, -0.25) is 0 Å². The zero-order valence-corrected chi connectivity index (χ0v) is 10.1. The van der Waals surface area contributed by atoms with Crippen molar-refractivity contribution >= 4 is 5.82 Å². The van der Waals surface area contributed by atoms with Gasteiger partial charge >= 0.3 is 0 Å². The molecule has 1 aromatic heterocycles. The van der Waals surface area contributed by atoms with E-state index in [1.54, 1.807) is 0 Å². The first-order valence-electron chi connectivity index (χ1n) is 5.59. The Morgan fingerprint density at radius 2 is 1.62 bits per heavy atom. The third-order valence-electron chi connectivity index (χ3n) is 2.12. The van der Waals surface area contributed by atoms with E-state index in [0.717, 1.165) is 5.82 Å². The lowest BCUT2D eigenvalue weighted by molar-refractivity contribution is 1.29. The summed E-state index contributed by atoms with van der Waals surface area (Å²) in [4.78, 5) is 4.17. The van der Waals surface area contributed by atoms with Crippen molar-refractivity contribution in [1.82, 2.24) is 4.98 Å². The SMILES string of the molecule is CC.CNc1cc(-c2ccccc2)ccn1. The van der Waals surface area contributed by atoms with E-state index in [1.807, 2.05) is 57.4 Å². The van der Waals surface area contributed by atoms with Gasteiger partial charge in [0.2, 0.25) is 0 Å². The summed E-state index contributed by atoms with van der Waals surface area (Å²) < 4.78 is 0. The van der Waals surface area contributed by atoms with Crippen molar-refractivity contribution in [2.75, 3.05) is 12.4 Å². The summed E-state index contributed by atoms with van der Waals surface area (Å²) in [5.74, 6) is 0.895. The molecule has 0 fully saturated rings. The maximum atomic E-state index is 4.17. The van der Waals surface area contributed by atoms with Gasteiger partial charge in [-0.2, -0.15) is 0 Å². The van der Waals surface area contributed by atoms with Crippen LogP contribution in [0.3, 0.4) is 0 Å². The molecule has 0 saturated heterocycles. The molecule has 0 radical (unpaired) electrons. The number of benzene rings is 1. The Hall–Kier alpha value is -1.83. The number of pyridine rings is 1. The molecule has 16 heavy (non-hydrogen) atoms. The second kappa shape index (κ2) is 6.62. The second-order valence-electron chi connectivity index (χ2n) is 3.05. The smallest absolute Gasteiger partial charge is 0.126 e. The minimum atomic E-state index is 0.895. The normalized spacial score (nSPS) is 8.94. The fraction of sp³-hybridized carbons (Fsp3) is 0.214. The molecular weight excluding hydrogens is 196 g/mol. The van der Waals surface area contributed by atoms with Crippen LogP contribution in [0.15, 0.2) is 48.7 Å². The maximum Gasteiger partial charge on any atom is 0.126 e. The Labute approximate surface area is 97.4 Å². The highest BCUT2D eigenvalue weighted by atomic mass is 14.9. The molecule has 2 heteroatoms. The highest BCUT2D eigenvalue weighted by molar-refractivity contribution is 5.65. The minimum Gasteiger partial charge on any atom is -0.373 e. The standard InChI is InChI=1S/C12H12N2.C2H6/c1-13-12-9-11(7-8-14-12)10-5-3-2-4-6-10;1-2/h2-9H,1H3,(H,13,14);1-2H3. The number of nitrogens with zero attached hydrogens (tertiary/aromatic N) is 1. The Kier molecular flexibility index (Phi) is 5.06. The van der Waals surface area contributed by atoms with Crippen molar-refractivity contribution in [2.24, 2.45) is 0 Å². The van der Waals surface area contributed by atoms with Gasteiger partial charge in [0.1, 0.15) is 5.82 Å². The van der Waals surface area contributed by atoms with Crippen LogP contribution < -0.4 is 5.32 Å². The zero-order chi connectivity index (χ0) is 11.8. The highest BCUT2D eigenvalue weighted by Crippen LogP contribution is 2.20. The first-order chi connectivity index (χ1) is 7.90. The number of nitrogens with one attached hydrogen (secondary N) is 1. The van der Waals surface area contributed by atoms with Crippen molar-refractivity contribution in [2.45, 2.75) is 13.8 Å². The topological polar surface area (TPSA) is 24.9 Å². The first-order valence-corrected chi connectivity index (χ1v) is 5.59. The van der Waals surface area contributed by atoms with Crippen LogP contribution in [0, 0.1) is 0 Å².